The second kappa shape index (κ2) is 8.24. The molecule has 1 aromatic rings. The lowest BCUT2D eigenvalue weighted by Crippen LogP contribution is -2.61. The van der Waals surface area contributed by atoms with E-state index in [1.165, 1.54) is 11.5 Å². The summed E-state index contributed by atoms with van der Waals surface area (Å²) in [4.78, 5) is 25.3. The predicted molar refractivity (Wildman–Crippen MR) is 83.5 cm³/mol. The molecule has 1 saturated heterocycles. The van der Waals surface area contributed by atoms with E-state index in [0.29, 0.717) is 5.82 Å². The van der Waals surface area contributed by atoms with Crippen molar-refractivity contribution < 1.29 is 39.6 Å². The van der Waals surface area contributed by atoms with Crippen LogP contribution >= 0.6 is 11.6 Å². The van der Waals surface area contributed by atoms with E-state index in [2.05, 4.69) is 4.98 Å². The summed E-state index contributed by atoms with van der Waals surface area (Å²) in [6.45, 7) is 1.40. The molecule has 0 radical (unpaired) electrons. The van der Waals surface area contributed by atoms with Crippen LogP contribution in [0, 0.1) is 17.0 Å². The number of imidazole rings is 1. The molecule has 2 rings (SSSR count). The predicted octanol–water partition coefficient (Wildman–Crippen LogP) is -1.38. The maximum absolute atomic E-state index is 11.1. The number of aliphatic carboxylic acids is 1. The molecular formula is C13H18ClN3O9. The van der Waals surface area contributed by atoms with Gasteiger partial charge in [-0.2, -0.15) is 0 Å². The van der Waals surface area contributed by atoms with Crippen LogP contribution in [0.3, 0.4) is 0 Å². The van der Waals surface area contributed by atoms with Crippen LogP contribution in [0.2, 0.25) is 0 Å². The van der Waals surface area contributed by atoms with E-state index in [4.69, 9.17) is 26.2 Å². The first-order valence-corrected chi connectivity index (χ1v) is 8.01. The molecule has 4 N–H and O–H groups in total. The first kappa shape index (κ1) is 20.5. The number of hydrogen-bond acceptors (Lipinski definition) is 9. The van der Waals surface area contributed by atoms with Gasteiger partial charge in [0.25, 0.3) is 0 Å². The fraction of sp³-hybridized carbons (Fsp3) is 0.692. The van der Waals surface area contributed by atoms with E-state index < -0.39 is 47.7 Å². The summed E-state index contributed by atoms with van der Waals surface area (Å²) in [5, 5.41) is 49.4. The fourth-order valence-electron chi connectivity index (χ4n) is 2.51. The molecular weight excluding hydrogens is 378 g/mol. The number of carbonyl (C=O) groups is 1. The Morgan fingerprint density at radius 2 is 2.12 bits per heavy atom. The van der Waals surface area contributed by atoms with Crippen molar-refractivity contribution in [3.8, 4) is 0 Å². The van der Waals surface area contributed by atoms with Crippen LogP contribution in [0.25, 0.3) is 0 Å². The molecule has 0 saturated carbocycles. The molecule has 0 aliphatic carbocycles. The third-order valence-electron chi connectivity index (χ3n) is 3.92. The van der Waals surface area contributed by atoms with E-state index in [1.54, 1.807) is 0 Å². The number of aromatic nitrogens is 2. The number of aliphatic hydroxyl groups is 3. The highest BCUT2D eigenvalue weighted by Gasteiger charge is 2.48. The number of carboxylic acids is 1. The Labute approximate surface area is 151 Å². The molecule has 6 atom stereocenters. The van der Waals surface area contributed by atoms with Gasteiger partial charge in [-0.3, -0.25) is 0 Å². The van der Waals surface area contributed by atoms with Gasteiger partial charge in [-0.05, 0) is 4.92 Å². The molecule has 146 valence electrons. The zero-order valence-electron chi connectivity index (χ0n) is 13.5. The van der Waals surface area contributed by atoms with Crippen molar-refractivity contribution in [1.82, 2.24) is 9.55 Å². The van der Waals surface area contributed by atoms with Gasteiger partial charge in [0.15, 0.2) is 18.2 Å². The van der Waals surface area contributed by atoms with Crippen molar-refractivity contribution in [2.75, 3.05) is 5.88 Å². The zero-order valence-corrected chi connectivity index (χ0v) is 14.3. The first-order chi connectivity index (χ1) is 12.2. The number of alkyl halides is 1. The number of nitrogens with zero attached hydrogens (tertiary/aromatic N) is 3. The summed E-state index contributed by atoms with van der Waals surface area (Å²) < 4.78 is 11.6. The van der Waals surface area contributed by atoms with Crippen molar-refractivity contribution in [2.45, 2.75) is 50.3 Å². The Hall–Kier alpha value is -1.83. The van der Waals surface area contributed by atoms with Crippen LogP contribution in [0.4, 0.5) is 5.82 Å². The molecule has 12 nitrogen and oxygen atoms in total. The summed E-state index contributed by atoms with van der Waals surface area (Å²) in [6, 6.07) is 0. The summed E-state index contributed by atoms with van der Waals surface area (Å²) in [7, 11) is 0. The maximum Gasteiger partial charge on any atom is 0.342 e. The molecule has 0 aromatic carbocycles. The average molecular weight is 396 g/mol. The van der Waals surface area contributed by atoms with E-state index in [9.17, 15) is 30.2 Å². The van der Waals surface area contributed by atoms with E-state index in [1.807, 2.05) is 0 Å². The average Bonchev–Trinajstić information content (AvgIpc) is 2.94. The molecule has 1 aromatic heterocycles. The summed E-state index contributed by atoms with van der Waals surface area (Å²) in [5.41, 5.74) is 0. The minimum atomic E-state index is -1.85. The third-order valence-corrected chi connectivity index (χ3v) is 4.26. The molecule has 13 heteroatoms. The van der Waals surface area contributed by atoms with Crippen molar-refractivity contribution in [3.05, 3.63) is 22.1 Å². The molecule has 0 bridgehead atoms. The van der Waals surface area contributed by atoms with Gasteiger partial charge in [-0.15, -0.1) is 11.6 Å². The lowest BCUT2D eigenvalue weighted by atomic mass is 9.99. The Balaban J connectivity index is 2.15. The van der Waals surface area contributed by atoms with Crippen molar-refractivity contribution in [1.29, 1.82) is 0 Å². The topological polar surface area (TPSA) is 177 Å². The molecule has 1 aliphatic heterocycles. The number of aryl methyl sites for hydroxylation is 1. The van der Waals surface area contributed by atoms with Gasteiger partial charge in [0.05, 0.1) is 5.88 Å². The van der Waals surface area contributed by atoms with Crippen molar-refractivity contribution in [3.63, 3.8) is 0 Å². The van der Waals surface area contributed by atoms with E-state index in [-0.39, 0.29) is 18.2 Å². The molecule has 26 heavy (non-hydrogen) atoms. The van der Waals surface area contributed by atoms with Crippen molar-refractivity contribution >= 4 is 23.4 Å². The summed E-state index contributed by atoms with van der Waals surface area (Å²) >= 11 is 5.81. The highest BCUT2D eigenvalue weighted by molar-refractivity contribution is 6.18. The lowest BCUT2D eigenvalue weighted by Gasteiger charge is -2.39. The minimum Gasteiger partial charge on any atom is -0.479 e. The monoisotopic (exact) mass is 395 g/mol. The lowest BCUT2D eigenvalue weighted by molar-refractivity contribution is -0.392. The molecule has 2 heterocycles. The van der Waals surface area contributed by atoms with Gasteiger partial charge in [-0.1, -0.05) is 0 Å². The first-order valence-electron chi connectivity index (χ1n) is 7.47. The molecule has 1 fully saturated rings. The van der Waals surface area contributed by atoms with Gasteiger partial charge >= 0.3 is 11.8 Å². The van der Waals surface area contributed by atoms with E-state index >= 15 is 0 Å². The molecule has 0 spiro atoms. The van der Waals surface area contributed by atoms with Gasteiger partial charge < -0.3 is 40.0 Å². The Bertz CT molecular complexity index is 669. The molecule has 0 unspecified atom stereocenters. The van der Waals surface area contributed by atoms with Crippen molar-refractivity contribution in [2.24, 2.45) is 0 Å². The maximum atomic E-state index is 11.1. The number of halogens is 1. The summed E-state index contributed by atoms with van der Waals surface area (Å²) in [5.74, 6) is -1.72. The second-order valence-electron chi connectivity index (χ2n) is 5.68. The highest BCUT2D eigenvalue weighted by Crippen LogP contribution is 2.24. The Morgan fingerprint density at radius 1 is 1.46 bits per heavy atom. The number of hydrogen-bond donors (Lipinski definition) is 4. The number of rotatable bonds is 7. The number of ether oxygens (including phenoxy) is 2. The number of aliphatic hydroxyl groups excluding tert-OH is 3. The Morgan fingerprint density at radius 3 is 2.65 bits per heavy atom. The quantitative estimate of drug-likeness (QED) is 0.244. The Kier molecular flexibility index (Phi) is 6.49. The van der Waals surface area contributed by atoms with Crippen LogP contribution in [-0.2, 0) is 20.8 Å². The minimum absolute atomic E-state index is 0.130. The zero-order chi connectivity index (χ0) is 19.6. The summed E-state index contributed by atoms with van der Waals surface area (Å²) in [6.07, 6.45) is -8.73. The van der Waals surface area contributed by atoms with Gasteiger partial charge in [0, 0.05) is 6.92 Å². The van der Waals surface area contributed by atoms with Gasteiger partial charge in [0.1, 0.15) is 37.2 Å². The normalized spacial score (nSPS) is 30.1. The van der Waals surface area contributed by atoms with Gasteiger partial charge in [0.2, 0.25) is 0 Å². The third kappa shape index (κ3) is 4.11. The smallest absolute Gasteiger partial charge is 0.342 e. The fourth-order valence-corrected chi connectivity index (χ4v) is 2.68. The van der Waals surface area contributed by atoms with Crippen LogP contribution in [0.15, 0.2) is 6.20 Å². The molecule has 0 amide bonds. The largest absolute Gasteiger partial charge is 0.479 e. The molecule has 1 aliphatic rings. The SMILES string of the molecule is Cc1ncc([N+](=O)[O-])n1C[C@@H](CCl)O[C@@H]1O[C@H](C(=O)O)[C@@H](O)[C@H](O)[C@H]1O. The van der Waals surface area contributed by atoms with Crippen LogP contribution in [-0.4, -0.2) is 83.6 Å². The number of nitro groups is 1. The van der Waals surface area contributed by atoms with E-state index in [0.717, 1.165) is 6.20 Å². The second-order valence-corrected chi connectivity index (χ2v) is 5.99. The van der Waals surface area contributed by atoms with Gasteiger partial charge in [-0.25, -0.2) is 14.3 Å². The highest BCUT2D eigenvalue weighted by atomic mass is 35.5. The van der Waals surface area contributed by atoms with Crippen LogP contribution < -0.4 is 0 Å². The standard InChI is InChI=1S/C13H18ClN3O9/c1-5-15-3-7(17(23)24)16(5)4-6(2-14)25-13-10(20)8(18)9(19)11(26-13)12(21)22/h3,6,8-11,13,18-20H,2,4H2,1H3,(H,21,22)/t6-,8+,9+,10-,11+,13-/m1/s1. The van der Waals surface area contributed by atoms with Crippen LogP contribution in [0.5, 0.6) is 0 Å². The van der Waals surface area contributed by atoms with Crippen LogP contribution in [0.1, 0.15) is 5.82 Å². The number of carboxylic acid groups (broad SMARTS) is 1.